The van der Waals surface area contributed by atoms with E-state index < -0.39 is 0 Å². The monoisotopic (exact) mass is 252 g/mol. The first-order chi connectivity index (χ1) is 8.22. The van der Waals surface area contributed by atoms with Crippen molar-refractivity contribution in [2.45, 2.75) is 19.9 Å². The van der Waals surface area contributed by atoms with Crippen molar-refractivity contribution in [3.05, 3.63) is 40.7 Å². The number of oxazole rings is 1. The fraction of sp³-hybridized carbons (Fsp3) is 0.250. The summed E-state index contributed by atoms with van der Waals surface area (Å²) in [5.74, 6) is 0.650. The maximum Gasteiger partial charge on any atom is 0.399 e. The van der Waals surface area contributed by atoms with Crippen LogP contribution in [-0.2, 0) is 13.0 Å². The van der Waals surface area contributed by atoms with Crippen LogP contribution < -0.4 is 10.5 Å². The smallest absolute Gasteiger partial charge is 0.399 e. The second-order valence-electron chi connectivity index (χ2n) is 3.52. The van der Waals surface area contributed by atoms with Gasteiger partial charge in [0.2, 0.25) is 0 Å². The van der Waals surface area contributed by atoms with Crippen molar-refractivity contribution in [3.63, 3.8) is 0 Å². The lowest BCUT2D eigenvalue weighted by Gasteiger charge is -2.04. The van der Waals surface area contributed by atoms with E-state index >= 15 is 0 Å². The standard InChI is InChI=1S/C12H13ClN2O2/c1-2-8-5-10(3-4-11(8)13)17-12-15-9(6-14)7-16-12/h3-5,7H,2,6,14H2,1H3. The molecule has 2 aromatic rings. The molecular formula is C12H13ClN2O2. The second-order valence-corrected chi connectivity index (χ2v) is 3.92. The Labute approximate surface area is 104 Å². The van der Waals surface area contributed by atoms with E-state index in [0.29, 0.717) is 18.0 Å². The van der Waals surface area contributed by atoms with E-state index in [2.05, 4.69) is 4.98 Å². The van der Waals surface area contributed by atoms with Gasteiger partial charge in [0, 0.05) is 11.6 Å². The fourth-order valence-corrected chi connectivity index (χ4v) is 1.67. The molecule has 0 aliphatic rings. The molecule has 0 radical (unpaired) electrons. The van der Waals surface area contributed by atoms with E-state index in [1.54, 1.807) is 12.1 Å². The van der Waals surface area contributed by atoms with E-state index in [-0.39, 0.29) is 6.08 Å². The quantitative estimate of drug-likeness (QED) is 0.908. The third-order valence-corrected chi connectivity index (χ3v) is 2.71. The molecule has 0 saturated carbocycles. The molecular weight excluding hydrogens is 240 g/mol. The van der Waals surface area contributed by atoms with Gasteiger partial charge in [-0.15, -0.1) is 0 Å². The molecule has 0 aliphatic heterocycles. The van der Waals surface area contributed by atoms with Crippen LogP contribution in [-0.4, -0.2) is 4.98 Å². The highest BCUT2D eigenvalue weighted by Gasteiger charge is 2.07. The lowest BCUT2D eigenvalue weighted by atomic mass is 10.2. The molecule has 0 spiro atoms. The van der Waals surface area contributed by atoms with Crippen molar-refractivity contribution in [2.75, 3.05) is 0 Å². The van der Waals surface area contributed by atoms with Crippen LogP contribution in [0.25, 0.3) is 0 Å². The van der Waals surface area contributed by atoms with Gasteiger partial charge in [0.25, 0.3) is 0 Å². The number of aryl methyl sites for hydroxylation is 1. The summed E-state index contributed by atoms with van der Waals surface area (Å²) in [6.07, 6.45) is 2.51. The third kappa shape index (κ3) is 2.78. The van der Waals surface area contributed by atoms with Gasteiger partial charge in [-0.25, -0.2) is 0 Å². The number of benzene rings is 1. The highest BCUT2D eigenvalue weighted by Crippen LogP contribution is 2.26. The fourth-order valence-electron chi connectivity index (χ4n) is 1.42. The van der Waals surface area contributed by atoms with Crippen LogP contribution in [0.15, 0.2) is 28.9 Å². The number of nitrogens with two attached hydrogens (primary N) is 1. The lowest BCUT2D eigenvalue weighted by Crippen LogP contribution is -1.96. The Kier molecular flexibility index (Phi) is 3.66. The minimum absolute atomic E-state index is 0.190. The molecule has 0 saturated heterocycles. The van der Waals surface area contributed by atoms with Gasteiger partial charge in [-0.1, -0.05) is 18.5 Å². The van der Waals surface area contributed by atoms with Crippen molar-refractivity contribution in [1.29, 1.82) is 0 Å². The van der Waals surface area contributed by atoms with Gasteiger partial charge in [-0.05, 0) is 30.2 Å². The summed E-state index contributed by atoms with van der Waals surface area (Å²) in [5, 5.41) is 0.731. The van der Waals surface area contributed by atoms with Gasteiger partial charge in [0.15, 0.2) is 0 Å². The average Bonchev–Trinajstić information content (AvgIpc) is 2.79. The molecule has 1 heterocycles. The van der Waals surface area contributed by atoms with Crippen LogP contribution in [0.1, 0.15) is 18.2 Å². The summed E-state index contributed by atoms with van der Waals surface area (Å²) in [6.45, 7) is 2.36. The predicted octanol–water partition coefficient (Wildman–Crippen LogP) is 3.14. The molecule has 0 atom stereocenters. The minimum atomic E-state index is 0.190. The van der Waals surface area contributed by atoms with Gasteiger partial charge >= 0.3 is 6.08 Å². The molecule has 1 aromatic heterocycles. The van der Waals surface area contributed by atoms with E-state index in [1.165, 1.54) is 6.26 Å². The van der Waals surface area contributed by atoms with Crippen LogP contribution in [0.4, 0.5) is 0 Å². The summed E-state index contributed by atoms with van der Waals surface area (Å²) in [7, 11) is 0. The maximum absolute atomic E-state index is 6.01. The van der Waals surface area contributed by atoms with Gasteiger partial charge in [-0.3, -0.25) is 0 Å². The van der Waals surface area contributed by atoms with Crippen LogP contribution in [0.5, 0.6) is 11.8 Å². The third-order valence-electron chi connectivity index (χ3n) is 2.34. The van der Waals surface area contributed by atoms with Gasteiger partial charge in [0.1, 0.15) is 12.0 Å². The first-order valence-electron chi connectivity index (χ1n) is 5.33. The summed E-state index contributed by atoms with van der Waals surface area (Å²) >= 11 is 6.01. The molecule has 0 unspecified atom stereocenters. The zero-order valence-corrected chi connectivity index (χ0v) is 10.2. The van der Waals surface area contributed by atoms with Crippen molar-refractivity contribution in [1.82, 2.24) is 4.98 Å². The topological polar surface area (TPSA) is 61.3 Å². The number of hydrogen-bond donors (Lipinski definition) is 1. The van der Waals surface area contributed by atoms with Gasteiger partial charge < -0.3 is 14.9 Å². The van der Waals surface area contributed by atoms with E-state index in [0.717, 1.165) is 17.0 Å². The van der Waals surface area contributed by atoms with Crippen molar-refractivity contribution >= 4 is 11.6 Å². The van der Waals surface area contributed by atoms with E-state index in [9.17, 15) is 0 Å². The Hall–Kier alpha value is -1.52. The number of nitrogens with zero attached hydrogens (tertiary/aromatic N) is 1. The zero-order chi connectivity index (χ0) is 12.3. The van der Waals surface area contributed by atoms with Crippen molar-refractivity contribution in [2.24, 2.45) is 5.73 Å². The van der Waals surface area contributed by atoms with E-state index in [1.807, 2.05) is 13.0 Å². The molecule has 0 aliphatic carbocycles. The van der Waals surface area contributed by atoms with Crippen LogP contribution >= 0.6 is 11.6 Å². The first kappa shape index (κ1) is 12.0. The molecule has 2 N–H and O–H groups in total. The Balaban J connectivity index is 2.18. The number of aromatic nitrogens is 1. The minimum Gasteiger partial charge on any atom is -0.417 e. The molecule has 2 rings (SSSR count). The molecule has 1 aromatic carbocycles. The SMILES string of the molecule is CCc1cc(Oc2nc(CN)co2)ccc1Cl. The molecule has 0 fully saturated rings. The number of hydrogen-bond acceptors (Lipinski definition) is 4. The Bertz CT molecular complexity index is 511. The Morgan fingerprint density at radius 1 is 1.47 bits per heavy atom. The lowest BCUT2D eigenvalue weighted by molar-refractivity contribution is 0.330. The molecule has 90 valence electrons. The highest BCUT2D eigenvalue weighted by molar-refractivity contribution is 6.31. The predicted molar refractivity (Wildman–Crippen MR) is 65.3 cm³/mol. The van der Waals surface area contributed by atoms with Crippen LogP contribution in [0.2, 0.25) is 5.02 Å². The van der Waals surface area contributed by atoms with Crippen LogP contribution in [0.3, 0.4) is 0 Å². The Morgan fingerprint density at radius 2 is 2.29 bits per heavy atom. The second kappa shape index (κ2) is 5.21. The summed E-state index contributed by atoms with van der Waals surface area (Å²) in [5.41, 5.74) is 7.11. The van der Waals surface area contributed by atoms with Crippen molar-refractivity contribution < 1.29 is 9.15 Å². The molecule has 4 nitrogen and oxygen atoms in total. The Morgan fingerprint density at radius 3 is 2.94 bits per heavy atom. The van der Waals surface area contributed by atoms with Crippen molar-refractivity contribution in [3.8, 4) is 11.8 Å². The summed E-state index contributed by atoms with van der Waals surface area (Å²) in [6, 6.07) is 5.44. The van der Waals surface area contributed by atoms with Gasteiger partial charge in [-0.2, -0.15) is 4.98 Å². The molecule has 17 heavy (non-hydrogen) atoms. The molecule has 0 bridgehead atoms. The number of rotatable bonds is 4. The molecule has 0 amide bonds. The number of halogens is 1. The van der Waals surface area contributed by atoms with Crippen LogP contribution in [0, 0.1) is 0 Å². The zero-order valence-electron chi connectivity index (χ0n) is 9.44. The summed E-state index contributed by atoms with van der Waals surface area (Å²) in [4.78, 5) is 4.06. The average molecular weight is 253 g/mol. The molecule has 5 heteroatoms. The summed E-state index contributed by atoms with van der Waals surface area (Å²) < 4.78 is 10.6. The highest BCUT2D eigenvalue weighted by atomic mass is 35.5. The van der Waals surface area contributed by atoms with Gasteiger partial charge in [0.05, 0.1) is 5.69 Å². The first-order valence-corrected chi connectivity index (χ1v) is 5.71. The maximum atomic E-state index is 6.01. The number of ether oxygens (including phenoxy) is 1. The normalized spacial score (nSPS) is 10.5. The largest absolute Gasteiger partial charge is 0.417 e. The van der Waals surface area contributed by atoms with E-state index in [4.69, 9.17) is 26.5 Å².